The van der Waals surface area contributed by atoms with Gasteiger partial charge in [-0.15, -0.1) is 0 Å². The molecule has 2 atom stereocenters. The van der Waals surface area contributed by atoms with Crippen molar-refractivity contribution in [2.75, 3.05) is 39.3 Å². The zero-order chi connectivity index (χ0) is 14.4. The minimum Gasteiger partial charge on any atom is -0.395 e. The van der Waals surface area contributed by atoms with E-state index in [1.807, 2.05) is 4.90 Å². The molecule has 5 nitrogen and oxygen atoms in total. The maximum absolute atomic E-state index is 12.4. The summed E-state index contributed by atoms with van der Waals surface area (Å²) in [6.07, 6.45) is 6.14. The highest BCUT2D eigenvalue weighted by atomic mass is 16.3. The summed E-state index contributed by atoms with van der Waals surface area (Å²) >= 11 is 0. The second kappa shape index (κ2) is 7.96. The largest absolute Gasteiger partial charge is 0.395 e. The SMILES string of the molecule is NC1CCCC(CC(=O)N2CCCN(CCO)CC2)C1. The average Bonchev–Trinajstić information content (AvgIpc) is 2.65. The van der Waals surface area contributed by atoms with E-state index in [-0.39, 0.29) is 6.61 Å². The molecule has 0 aromatic heterocycles. The normalized spacial score (nSPS) is 29.2. The van der Waals surface area contributed by atoms with Crippen molar-refractivity contribution in [3.63, 3.8) is 0 Å². The Balaban J connectivity index is 1.77. The molecule has 2 aliphatic rings. The molecule has 0 spiro atoms. The van der Waals surface area contributed by atoms with Gasteiger partial charge in [0.15, 0.2) is 0 Å². The van der Waals surface area contributed by atoms with Gasteiger partial charge >= 0.3 is 0 Å². The number of carbonyl (C=O) groups excluding carboxylic acids is 1. The van der Waals surface area contributed by atoms with Crippen LogP contribution in [0.25, 0.3) is 0 Å². The van der Waals surface area contributed by atoms with Gasteiger partial charge in [0.25, 0.3) is 0 Å². The van der Waals surface area contributed by atoms with Crippen molar-refractivity contribution in [1.29, 1.82) is 0 Å². The van der Waals surface area contributed by atoms with Crippen molar-refractivity contribution in [2.24, 2.45) is 11.7 Å². The van der Waals surface area contributed by atoms with Crippen LogP contribution in [-0.4, -0.2) is 66.2 Å². The number of β-amino-alcohol motifs (C(OH)–C–C–N with tert-alkyl or cyclic N) is 1. The maximum Gasteiger partial charge on any atom is 0.222 e. The highest BCUT2D eigenvalue weighted by Gasteiger charge is 2.25. The highest BCUT2D eigenvalue weighted by Crippen LogP contribution is 2.26. The van der Waals surface area contributed by atoms with Crippen LogP contribution in [0.5, 0.6) is 0 Å². The predicted octanol–water partition coefficient (Wildman–Crippen LogP) is 0.421. The van der Waals surface area contributed by atoms with Crippen molar-refractivity contribution >= 4 is 5.91 Å². The van der Waals surface area contributed by atoms with E-state index in [0.29, 0.717) is 24.3 Å². The van der Waals surface area contributed by atoms with E-state index in [4.69, 9.17) is 10.8 Å². The molecular formula is C15H29N3O2. The zero-order valence-corrected chi connectivity index (χ0v) is 12.5. The topological polar surface area (TPSA) is 69.8 Å². The van der Waals surface area contributed by atoms with Gasteiger partial charge in [-0.3, -0.25) is 9.69 Å². The Kier molecular flexibility index (Phi) is 6.26. The third-order valence-electron chi connectivity index (χ3n) is 4.64. The lowest BCUT2D eigenvalue weighted by Gasteiger charge is -2.28. The van der Waals surface area contributed by atoms with Crippen LogP contribution in [0.3, 0.4) is 0 Å². The summed E-state index contributed by atoms with van der Waals surface area (Å²) in [6, 6.07) is 0.297. The predicted molar refractivity (Wildman–Crippen MR) is 79.3 cm³/mol. The highest BCUT2D eigenvalue weighted by molar-refractivity contribution is 5.76. The van der Waals surface area contributed by atoms with Gasteiger partial charge in [-0.05, 0) is 38.1 Å². The van der Waals surface area contributed by atoms with Crippen LogP contribution >= 0.6 is 0 Å². The van der Waals surface area contributed by atoms with Crippen molar-refractivity contribution in [3.05, 3.63) is 0 Å². The number of aliphatic hydroxyl groups excluding tert-OH is 1. The summed E-state index contributed by atoms with van der Waals surface area (Å²) in [5.74, 6) is 0.790. The van der Waals surface area contributed by atoms with Crippen LogP contribution in [0.2, 0.25) is 0 Å². The Morgan fingerprint density at radius 1 is 1.15 bits per heavy atom. The minimum absolute atomic E-state index is 0.202. The molecule has 2 rings (SSSR count). The molecule has 1 saturated heterocycles. The molecule has 5 heteroatoms. The van der Waals surface area contributed by atoms with Crippen molar-refractivity contribution in [2.45, 2.75) is 44.6 Å². The third kappa shape index (κ3) is 4.72. The number of hydrogen-bond donors (Lipinski definition) is 2. The van der Waals surface area contributed by atoms with E-state index < -0.39 is 0 Å². The molecule has 0 aromatic rings. The second-order valence-electron chi connectivity index (χ2n) is 6.30. The van der Waals surface area contributed by atoms with E-state index >= 15 is 0 Å². The maximum atomic E-state index is 12.4. The number of nitrogens with two attached hydrogens (primary N) is 1. The van der Waals surface area contributed by atoms with Gasteiger partial charge in [0.1, 0.15) is 0 Å². The van der Waals surface area contributed by atoms with E-state index in [1.165, 1.54) is 6.42 Å². The van der Waals surface area contributed by atoms with Gasteiger partial charge in [-0.25, -0.2) is 0 Å². The van der Waals surface area contributed by atoms with Crippen LogP contribution in [0, 0.1) is 5.92 Å². The lowest BCUT2D eigenvalue weighted by molar-refractivity contribution is -0.132. The van der Waals surface area contributed by atoms with E-state index in [0.717, 1.165) is 58.4 Å². The lowest BCUT2D eigenvalue weighted by atomic mass is 9.84. The fraction of sp³-hybridized carbons (Fsp3) is 0.933. The number of hydrogen-bond acceptors (Lipinski definition) is 4. The Bertz CT molecular complexity index is 311. The molecule has 1 saturated carbocycles. The quantitative estimate of drug-likeness (QED) is 0.784. The standard InChI is InChI=1S/C15H29N3O2/c16-14-4-1-3-13(11-14)12-15(20)18-6-2-5-17(7-8-18)9-10-19/h13-14,19H,1-12,16H2. The van der Waals surface area contributed by atoms with Crippen LogP contribution in [0.15, 0.2) is 0 Å². The van der Waals surface area contributed by atoms with E-state index in [1.54, 1.807) is 0 Å². The number of aliphatic hydroxyl groups is 1. The fourth-order valence-corrected chi connectivity index (χ4v) is 3.48. The van der Waals surface area contributed by atoms with Crippen LogP contribution in [-0.2, 0) is 4.79 Å². The third-order valence-corrected chi connectivity index (χ3v) is 4.64. The van der Waals surface area contributed by atoms with Crippen molar-refractivity contribution in [3.8, 4) is 0 Å². The average molecular weight is 283 g/mol. The Morgan fingerprint density at radius 2 is 2.00 bits per heavy atom. The number of rotatable bonds is 4. The molecule has 0 bridgehead atoms. The van der Waals surface area contributed by atoms with Crippen LogP contribution < -0.4 is 5.73 Å². The molecule has 2 fully saturated rings. The minimum atomic E-state index is 0.202. The number of amides is 1. The first-order valence-corrected chi connectivity index (χ1v) is 8.05. The first kappa shape index (κ1) is 15.7. The smallest absolute Gasteiger partial charge is 0.222 e. The van der Waals surface area contributed by atoms with Gasteiger partial charge in [0, 0.05) is 38.6 Å². The first-order chi connectivity index (χ1) is 9.69. The van der Waals surface area contributed by atoms with Crippen molar-refractivity contribution < 1.29 is 9.90 Å². The lowest BCUT2D eigenvalue weighted by Crippen LogP contribution is -2.38. The summed E-state index contributed by atoms with van der Waals surface area (Å²) in [6.45, 7) is 4.46. The molecule has 20 heavy (non-hydrogen) atoms. The zero-order valence-electron chi connectivity index (χ0n) is 12.5. The molecule has 0 aromatic carbocycles. The molecule has 2 unspecified atom stereocenters. The summed E-state index contributed by atoms with van der Waals surface area (Å²) < 4.78 is 0. The Hall–Kier alpha value is -0.650. The van der Waals surface area contributed by atoms with Crippen LogP contribution in [0.1, 0.15) is 38.5 Å². The van der Waals surface area contributed by atoms with Crippen LogP contribution in [0.4, 0.5) is 0 Å². The molecule has 1 amide bonds. The molecule has 1 aliphatic carbocycles. The summed E-state index contributed by atoms with van der Waals surface area (Å²) in [5, 5.41) is 8.99. The van der Waals surface area contributed by atoms with Gasteiger partial charge in [-0.1, -0.05) is 6.42 Å². The monoisotopic (exact) mass is 283 g/mol. The fourth-order valence-electron chi connectivity index (χ4n) is 3.48. The van der Waals surface area contributed by atoms with Gasteiger partial charge < -0.3 is 15.7 Å². The molecule has 3 N–H and O–H groups in total. The molecule has 0 radical (unpaired) electrons. The number of nitrogens with zero attached hydrogens (tertiary/aromatic N) is 2. The second-order valence-corrected chi connectivity index (χ2v) is 6.30. The Labute approximate surface area is 122 Å². The number of carbonyl (C=O) groups is 1. The molecular weight excluding hydrogens is 254 g/mol. The molecule has 116 valence electrons. The summed E-state index contributed by atoms with van der Waals surface area (Å²) in [4.78, 5) is 16.7. The summed E-state index contributed by atoms with van der Waals surface area (Å²) in [5.41, 5.74) is 6.00. The molecule has 1 heterocycles. The van der Waals surface area contributed by atoms with Gasteiger partial charge in [0.05, 0.1) is 6.61 Å². The Morgan fingerprint density at radius 3 is 2.75 bits per heavy atom. The summed E-state index contributed by atoms with van der Waals surface area (Å²) in [7, 11) is 0. The first-order valence-electron chi connectivity index (χ1n) is 8.05. The van der Waals surface area contributed by atoms with E-state index in [2.05, 4.69) is 4.90 Å². The van der Waals surface area contributed by atoms with Gasteiger partial charge in [-0.2, -0.15) is 0 Å². The van der Waals surface area contributed by atoms with Gasteiger partial charge in [0.2, 0.25) is 5.91 Å². The molecule has 1 aliphatic heterocycles. The van der Waals surface area contributed by atoms with E-state index in [9.17, 15) is 4.79 Å². The van der Waals surface area contributed by atoms with Crippen molar-refractivity contribution in [1.82, 2.24) is 9.80 Å².